The Balaban J connectivity index is 2.92. The third-order valence-electron chi connectivity index (χ3n) is 3.47. The van der Waals surface area contributed by atoms with Crippen LogP contribution in [0.1, 0.15) is 37.0 Å². The van der Waals surface area contributed by atoms with Crippen LogP contribution in [0.2, 0.25) is 0 Å². The summed E-state index contributed by atoms with van der Waals surface area (Å²) in [7, 11) is 0. The molecule has 1 aromatic rings. The fourth-order valence-corrected chi connectivity index (χ4v) is 1.86. The lowest BCUT2D eigenvalue weighted by molar-refractivity contribution is -0.124. The zero-order valence-corrected chi connectivity index (χ0v) is 12.1. The third kappa shape index (κ3) is 3.33. The van der Waals surface area contributed by atoms with E-state index in [0.29, 0.717) is 13.0 Å². The smallest absolute Gasteiger partial charge is 0.230 e. The Kier molecular flexibility index (Phi) is 4.52. The SMILES string of the molecule is Cc1cc(C)c(NC(=O)C(C)(C)CCN)cc1C. The second-order valence-corrected chi connectivity index (χ2v) is 5.63. The minimum atomic E-state index is -0.431. The second kappa shape index (κ2) is 5.53. The number of hydrogen-bond acceptors (Lipinski definition) is 2. The van der Waals surface area contributed by atoms with Crippen LogP contribution in [0, 0.1) is 26.2 Å². The molecule has 3 nitrogen and oxygen atoms in total. The van der Waals surface area contributed by atoms with Gasteiger partial charge in [0.25, 0.3) is 0 Å². The summed E-state index contributed by atoms with van der Waals surface area (Å²) < 4.78 is 0. The van der Waals surface area contributed by atoms with Gasteiger partial charge in [0.2, 0.25) is 5.91 Å². The second-order valence-electron chi connectivity index (χ2n) is 5.63. The van der Waals surface area contributed by atoms with E-state index in [4.69, 9.17) is 5.73 Å². The molecule has 3 N–H and O–H groups in total. The van der Waals surface area contributed by atoms with Gasteiger partial charge in [-0.15, -0.1) is 0 Å². The fourth-order valence-electron chi connectivity index (χ4n) is 1.86. The van der Waals surface area contributed by atoms with Crippen LogP contribution in [0.25, 0.3) is 0 Å². The molecule has 0 aliphatic rings. The van der Waals surface area contributed by atoms with Gasteiger partial charge in [-0.05, 0) is 56.5 Å². The van der Waals surface area contributed by atoms with Crippen LogP contribution in [0.15, 0.2) is 12.1 Å². The van der Waals surface area contributed by atoms with Gasteiger partial charge in [-0.1, -0.05) is 19.9 Å². The van der Waals surface area contributed by atoms with E-state index < -0.39 is 5.41 Å². The van der Waals surface area contributed by atoms with E-state index in [9.17, 15) is 4.79 Å². The van der Waals surface area contributed by atoms with Gasteiger partial charge >= 0.3 is 0 Å². The summed E-state index contributed by atoms with van der Waals surface area (Å²) in [6, 6.07) is 4.13. The lowest BCUT2D eigenvalue weighted by Gasteiger charge is -2.23. The Labute approximate surface area is 110 Å². The van der Waals surface area contributed by atoms with Crippen molar-refractivity contribution >= 4 is 11.6 Å². The molecule has 18 heavy (non-hydrogen) atoms. The molecule has 100 valence electrons. The van der Waals surface area contributed by atoms with E-state index in [-0.39, 0.29) is 5.91 Å². The van der Waals surface area contributed by atoms with Gasteiger partial charge in [0.1, 0.15) is 0 Å². The molecule has 0 fully saturated rings. The third-order valence-corrected chi connectivity index (χ3v) is 3.47. The lowest BCUT2D eigenvalue weighted by atomic mass is 9.88. The first-order chi connectivity index (χ1) is 8.27. The molecule has 0 saturated carbocycles. The summed E-state index contributed by atoms with van der Waals surface area (Å²) in [6.07, 6.45) is 0.683. The Morgan fingerprint density at radius 1 is 1.17 bits per heavy atom. The minimum Gasteiger partial charge on any atom is -0.330 e. The highest BCUT2D eigenvalue weighted by molar-refractivity contribution is 5.95. The van der Waals surface area contributed by atoms with Crippen LogP contribution in [-0.4, -0.2) is 12.5 Å². The van der Waals surface area contributed by atoms with Gasteiger partial charge in [0.05, 0.1) is 0 Å². The first-order valence-corrected chi connectivity index (χ1v) is 6.37. The molecular formula is C15H24N2O. The van der Waals surface area contributed by atoms with Crippen LogP contribution in [0.4, 0.5) is 5.69 Å². The van der Waals surface area contributed by atoms with Crippen LogP contribution in [-0.2, 0) is 4.79 Å². The van der Waals surface area contributed by atoms with Gasteiger partial charge < -0.3 is 11.1 Å². The van der Waals surface area contributed by atoms with Gasteiger partial charge in [-0.25, -0.2) is 0 Å². The number of carbonyl (C=O) groups is 1. The summed E-state index contributed by atoms with van der Waals surface area (Å²) >= 11 is 0. The van der Waals surface area contributed by atoms with Crippen molar-refractivity contribution < 1.29 is 4.79 Å². The van der Waals surface area contributed by atoms with Crippen molar-refractivity contribution in [3.8, 4) is 0 Å². The number of benzene rings is 1. The molecule has 0 radical (unpaired) electrons. The molecular weight excluding hydrogens is 224 g/mol. The molecule has 0 spiro atoms. The topological polar surface area (TPSA) is 55.1 Å². The maximum Gasteiger partial charge on any atom is 0.230 e. The van der Waals surface area contributed by atoms with E-state index in [1.165, 1.54) is 11.1 Å². The number of carbonyl (C=O) groups excluding carboxylic acids is 1. The summed E-state index contributed by atoms with van der Waals surface area (Å²) in [6.45, 7) is 10.5. The van der Waals surface area contributed by atoms with Crippen molar-refractivity contribution in [1.29, 1.82) is 0 Å². The molecule has 0 atom stereocenters. The molecule has 1 amide bonds. The van der Waals surface area contributed by atoms with Crippen molar-refractivity contribution in [2.45, 2.75) is 41.0 Å². The van der Waals surface area contributed by atoms with E-state index in [1.54, 1.807) is 0 Å². The molecule has 1 aromatic carbocycles. The van der Waals surface area contributed by atoms with Crippen molar-refractivity contribution in [3.05, 3.63) is 28.8 Å². The largest absolute Gasteiger partial charge is 0.330 e. The Morgan fingerprint density at radius 2 is 1.72 bits per heavy atom. The van der Waals surface area contributed by atoms with Crippen LogP contribution >= 0.6 is 0 Å². The Bertz CT molecular complexity index is 450. The normalized spacial score (nSPS) is 11.4. The van der Waals surface area contributed by atoms with E-state index in [1.807, 2.05) is 26.8 Å². The number of amides is 1. The van der Waals surface area contributed by atoms with Crippen molar-refractivity contribution in [1.82, 2.24) is 0 Å². The number of nitrogens with one attached hydrogen (secondary N) is 1. The molecule has 0 aliphatic carbocycles. The quantitative estimate of drug-likeness (QED) is 0.860. The van der Waals surface area contributed by atoms with E-state index >= 15 is 0 Å². The molecule has 0 aromatic heterocycles. The highest BCUT2D eigenvalue weighted by Crippen LogP contribution is 2.25. The monoisotopic (exact) mass is 248 g/mol. The summed E-state index contributed by atoms with van der Waals surface area (Å²) in [5, 5.41) is 3.01. The maximum absolute atomic E-state index is 12.2. The van der Waals surface area contributed by atoms with Crippen molar-refractivity contribution in [3.63, 3.8) is 0 Å². The van der Waals surface area contributed by atoms with Crippen molar-refractivity contribution in [2.75, 3.05) is 11.9 Å². The van der Waals surface area contributed by atoms with Crippen LogP contribution < -0.4 is 11.1 Å². The number of anilines is 1. The fraction of sp³-hybridized carbons (Fsp3) is 0.533. The zero-order chi connectivity index (χ0) is 13.9. The lowest BCUT2D eigenvalue weighted by Crippen LogP contribution is -2.33. The maximum atomic E-state index is 12.2. The first kappa shape index (κ1) is 14.7. The predicted octanol–water partition coefficient (Wildman–Crippen LogP) is 2.93. The number of nitrogens with two attached hydrogens (primary N) is 1. The number of hydrogen-bond donors (Lipinski definition) is 2. The van der Waals surface area contributed by atoms with Gasteiger partial charge in [-0.3, -0.25) is 4.79 Å². The van der Waals surface area contributed by atoms with E-state index in [2.05, 4.69) is 25.2 Å². The average Bonchev–Trinajstić information content (AvgIpc) is 2.25. The highest BCUT2D eigenvalue weighted by atomic mass is 16.2. The van der Waals surface area contributed by atoms with Crippen molar-refractivity contribution in [2.24, 2.45) is 11.1 Å². The first-order valence-electron chi connectivity index (χ1n) is 6.37. The standard InChI is InChI=1S/C15H24N2O/c1-10-8-12(3)13(9-11(10)2)17-14(18)15(4,5)6-7-16/h8-9H,6-7,16H2,1-5H3,(H,17,18). The molecule has 0 unspecified atom stereocenters. The van der Waals surface area contributed by atoms with Gasteiger partial charge in [-0.2, -0.15) is 0 Å². The molecule has 3 heteroatoms. The molecule has 0 heterocycles. The van der Waals surface area contributed by atoms with Crippen LogP contribution in [0.3, 0.4) is 0 Å². The minimum absolute atomic E-state index is 0.0271. The Hall–Kier alpha value is -1.35. The predicted molar refractivity (Wildman–Crippen MR) is 76.7 cm³/mol. The average molecular weight is 248 g/mol. The van der Waals surface area contributed by atoms with Gasteiger partial charge in [0, 0.05) is 11.1 Å². The Morgan fingerprint density at radius 3 is 2.28 bits per heavy atom. The van der Waals surface area contributed by atoms with E-state index in [0.717, 1.165) is 11.3 Å². The molecule has 1 rings (SSSR count). The van der Waals surface area contributed by atoms with Crippen LogP contribution in [0.5, 0.6) is 0 Å². The summed E-state index contributed by atoms with van der Waals surface area (Å²) in [5.41, 5.74) is 9.53. The number of rotatable bonds is 4. The molecule has 0 saturated heterocycles. The molecule has 0 bridgehead atoms. The van der Waals surface area contributed by atoms with Gasteiger partial charge in [0.15, 0.2) is 0 Å². The molecule has 0 aliphatic heterocycles. The summed E-state index contributed by atoms with van der Waals surface area (Å²) in [5.74, 6) is 0.0271. The number of aryl methyl sites for hydroxylation is 3. The summed E-state index contributed by atoms with van der Waals surface area (Å²) in [4.78, 5) is 12.2. The highest BCUT2D eigenvalue weighted by Gasteiger charge is 2.26. The zero-order valence-electron chi connectivity index (χ0n) is 12.1.